The maximum Gasteiger partial charge on any atom is 0.317 e. The lowest BCUT2D eigenvalue weighted by molar-refractivity contribution is 0.158. The van der Waals surface area contributed by atoms with Crippen molar-refractivity contribution in [2.75, 3.05) is 19.6 Å². The molecule has 116 valence electrons. The van der Waals surface area contributed by atoms with E-state index < -0.39 is 0 Å². The van der Waals surface area contributed by atoms with Gasteiger partial charge in [0, 0.05) is 18.6 Å². The first-order valence-corrected chi connectivity index (χ1v) is 8.44. The first kappa shape index (κ1) is 15.6. The summed E-state index contributed by atoms with van der Waals surface area (Å²) < 4.78 is 0. The number of rotatable bonds is 4. The summed E-state index contributed by atoms with van der Waals surface area (Å²) in [6.45, 7) is 7.32. The number of carbonyl (C=O) groups excluding carboxylic acids is 1. The van der Waals surface area contributed by atoms with Crippen LogP contribution in [-0.2, 0) is 0 Å². The largest absolute Gasteiger partial charge is 0.335 e. The summed E-state index contributed by atoms with van der Waals surface area (Å²) >= 11 is 0. The molecule has 1 heterocycles. The van der Waals surface area contributed by atoms with Crippen molar-refractivity contribution in [3.63, 3.8) is 0 Å². The van der Waals surface area contributed by atoms with Gasteiger partial charge in [0.05, 0.1) is 0 Å². The first-order chi connectivity index (χ1) is 9.66. The highest BCUT2D eigenvalue weighted by atomic mass is 16.2. The maximum atomic E-state index is 12.5. The van der Waals surface area contributed by atoms with Crippen LogP contribution in [0.25, 0.3) is 0 Å². The third-order valence-electron chi connectivity index (χ3n) is 4.67. The van der Waals surface area contributed by atoms with Gasteiger partial charge in [-0.3, -0.25) is 0 Å². The lowest BCUT2D eigenvalue weighted by atomic mass is 9.95. The zero-order valence-electron chi connectivity index (χ0n) is 13.2. The molecule has 0 aromatic carbocycles. The van der Waals surface area contributed by atoms with Gasteiger partial charge in [-0.05, 0) is 58.5 Å². The minimum Gasteiger partial charge on any atom is -0.335 e. The Kier molecular flexibility index (Phi) is 6.14. The molecule has 20 heavy (non-hydrogen) atoms. The Morgan fingerprint density at radius 2 is 1.95 bits per heavy atom. The number of urea groups is 1. The topological polar surface area (TPSA) is 44.4 Å². The van der Waals surface area contributed by atoms with Gasteiger partial charge in [-0.15, -0.1) is 0 Å². The van der Waals surface area contributed by atoms with Gasteiger partial charge in [-0.1, -0.05) is 19.3 Å². The van der Waals surface area contributed by atoms with Crippen molar-refractivity contribution < 1.29 is 4.79 Å². The second-order valence-corrected chi connectivity index (χ2v) is 6.74. The van der Waals surface area contributed by atoms with Crippen LogP contribution in [0.3, 0.4) is 0 Å². The molecular formula is C16H31N3O. The molecule has 4 nitrogen and oxygen atoms in total. The normalized spacial score (nSPS) is 24.6. The Hall–Kier alpha value is -0.770. The Morgan fingerprint density at radius 3 is 2.55 bits per heavy atom. The van der Waals surface area contributed by atoms with Gasteiger partial charge in [0.1, 0.15) is 0 Å². The highest BCUT2D eigenvalue weighted by molar-refractivity contribution is 5.74. The quantitative estimate of drug-likeness (QED) is 0.832. The monoisotopic (exact) mass is 281 g/mol. The molecule has 0 radical (unpaired) electrons. The molecule has 2 N–H and O–H groups in total. The van der Waals surface area contributed by atoms with Crippen LogP contribution in [0.2, 0.25) is 0 Å². The van der Waals surface area contributed by atoms with Gasteiger partial charge < -0.3 is 15.5 Å². The molecule has 1 saturated heterocycles. The van der Waals surface area contributed by atoms with E-state index in [-0.39, 0.29) is 12.1 Å². The van der Waals surface area contributed by atoms with Crippen LogP contribution in [0.15, 0.2) is 0 Å². The first-order valence-electron chi connectivity index (χ1n) is 8.44. The van der Waals surface area contributed by atoms with E-state index in [1.165, 1.54) is 32.1 Å². The van der Waals surface area contributed by atoms with Crippen LogP contribution in [0.5, 0.6) is 0 Å². The molecule has 0 aromatic rings. The lowest BCUT2D eigenvalue weighted by Crippen LogP contribution is -2.51. The SMILES string of the molecule is CC(C)N(CC1CCCNC1)C(=O)NC1CCCCC1. The molecule has 2 rings (SSSR count). The molecule has 0 bridgehead atoms. The van der Waals surface area contributed by atoms with Gasteiger partial charge in [0.15, 0.2) is 0 Å². The zero-order valence-corrected chi connectivity index (χ0v) is 13.2. The molecule has 4 heteroatoms. The molecular weight excluding hydrogens is 250 g/mol. The summed E-state index contributed by atoms with van der Waals surface area (Å²) in [5.41, 5.74) is 0. The van der Waals surface area contributed by atoms with Crippen molar-refractivity contribution >= 4 is 6.03 Å². The van der Waals surface area contributed by atoms with E-state index in [2.05, 4.69) is 24.5 Å². The van der Waals surface area contributed by atoms with Crippen molar-refractivity contribution in [3.8, 4) is 0 Å². The molecule has 2 fully saturated rings. The van der Waals surface area contributed by atoms with E-state index in [4.69, 9.17) is 0 Å². The summed E-state index contributed by atoms with van der Waals surface area (Å²) in [6.07, 6.45) is 8.64. The predicted octanol–water partition coefficient (Wildman–Crippen LogP) is 2.74. The van der Waals surface area contributed by atoms with Gasteiger partial charge >= 0.3 is 6.03 Å². The van der Waals surface area contributed by atoms with E-state index in [9.17, 15) is 4.79 Å². The Labute approximate surface area is 123 Å². The van der Waals surface area contributed by atoms with Crippen LogP contribution in [0.1, 0.15) is 58.8 Å². The zero-order chi connectivity index (χ0) is 14.4. The van der Waals surface area contributed by atoms with E-state index in [1.807, 2.05) is 4.90 Å². The van der Waals surface area contributed by atoms with Crippen molar-refractivity contribution in [2.24, 2.45) is 5.92 Å². The van der Waals surface area contributed by atoms with Crippen molar-refractivity contribution in [1.82, 2.24) is 15.5 Å². The average Bonchev–Trinajstić information content (AvgIpc) is 2.46. The summed E-state index contributed by atoms with van der Waals surface area (Å²) in [6, 6.07) is 0.833. The maximum absolute atomic E-state index is 12.5. The number of amides is 2. The predicted molar refractivity (Wildman–Crippen MR) is 82.8 cm³/mol. The van der Waals surface area contributed by atoms with E-state index >= 15 is 0 Å². The Morgan fingerprint density at radius 1 is 1.20 bits per heavy atom. The molecule has 2 amide bonds. The second kappa shape index (κ2) is 7.87. The Balaban J connectivity index is 1.84. The number of carbonyl (C=O) groups is 1. The fourth-order valence-corrected chi connectivity index (χ4v) is 3.39. The second-order valence-electron chi connectivity index (χ2n) is 6.74. The van der Waals surface area contributed by atoms with Crippen LogP contribution < -0.4 is 10.6 Å². The Bertz CT molecular complexity index is 294. The summed E-state index contributed by atoms with van der Waals surface area (Å²) in [7, 11) is 0. The smallest absolute Gasteiger partial charge is 0.317 e. The summed E-state index contributed by atoms with van der Waals surface area (Å²) in [5, 5.41) is 6.70. The molecule has 0 spiro atoms. The standard InChI is InChI=1S/C16H31N3O/c1-13(2)19(12-14-7-6-10-17-11-14)16(20)18-15-8-4-3-5-9-15/h13-15,17H,3-12H2,1-2H3,(H,18,20). The third-order valence-corrected chi connectivity index (χ3v) is 4.67. The number of hydrogen-bond acceptors (Lipinski definition) is 2. The van der Waals surface area contributed by atoms with Crippen LogP contribution in [-0.4, -0.2) is 42.6 Å². The van der Waals surface area contributed by atoms with Crippen molar-refractivity contribution in [2.45, 2.75) is 70.9 Å². The highest BCUT2D eigenvalue weighted by Gasteiger charge is 2.25. The van der Waals surface area contributed by atoms with E-state index in [1.54, 1.807) is 0 Å². The summed E-state index contributed by atoms with van der Waals surface area (Å²) in [5.74, 6) is 0.614. The number of hydrogen-bond donors (Lipinski definition) is 2. The number of nitrogens with zero attached hydrogens (tertiary/aromatic N) is 1. The molecule has 1 atom stereocenters. The number of nitrogens with one attached hydrogen (secondary N) is 2. The molecule has 1 aliphatic carbocycles. The van der Waals surface area contributed by atoms with Crippen LogP contribution >= 0.6 is 0 Å². The van der Waals surface area contributed by atoms with Gasteiger partial charge in [-0.2, -0.15) is 0 Å². The lowest BCUT2D eigenvalue weighted by Gasteiger charge is -2.34. The minimum absolute atomic E-state index is 0.150. The summed E-state index contributed by atoms with van der Waals surface area (Å²) in [4.78, 5) is 14.6. The van der Waals surface area contributed by atoms with Gasteiger partial charge in [0.25, 0.3) is 0 Å². The van der Waals surface area contributed by atoms with Crippen LogP contribution in [0.4, 0.5) is 4.79 Å². The fraction of sp³-hybridized carbons (Fsp3) is 0.938. The average molecular weight is 281 g/mol. The highest BCUT2D eigenvalue weighted by Crippen LogP contribution is 2.19. The molecule has 0 aromatic heterocycles. The molecule has 2 aliphatic rings. The van der Waals surface area contributed by atoms with E-state index in [0.29, 0.717) is 12.0 Å². The molecule has 1 saturated carbocycles. The van der Waals surface area contributed by atoms with Crippen LogP contribution in [0, 0.1) is 5.92 Å². The van der Waals surface area contributed by atoms with Crippen molar-refractivity contribution in [1.29, 1.82) is 0 Å². The third kappa shape index (κ3) is 4.65. The fourth-order valence-electron chi connectivity index (χ4n) is 3.39. The molecule has 1 aliphatic heterocycles. The van der Waals surface area contributed by atoms with Crippen molar-refractivity contribution in [3.05, 3.63) is 0 Å². The van der Waals surface area contributed by atoms with Gasteiger partial charge in [0.2, 0.25) is 0 Å². The van der Waals surface area contributed by atoms with E-state index in [0.717, 1.165) is 32.5 Å². The number of piperidine rings is 1. The molecule has 1 unspecified atom stereocenters. The minimum atomic E-state index is 0.150. The van der Waals surface area contributed by atoms with Gasteiger partial charge in [-0.25, -0.2) is 4.79 Å².